The molecule has 0 bridgehead atoms. The zero-order valence-corrected chi connectivity index (χ0v) is 13.0. The van der Waals surface area contributed by atoms with Gasteiger partial charge in [0.05, 0.1) is 4.91 Å². The van der Waals surface area contributed by atoms with Crippen molar-refractivity contribution in [3.63, 3.8) is 0 Å². The second-order valence-electron chi connectivity index (χ2n) is 5.65. The molecule has 0 N–H and O–H groups in total. The number of likely N-dealkylation sites (tertiary alicyclic amines) is 1. The largest absolute Gasteiger partial charge is 0.341 e. The van der Waals surface area contributed by atoms with E-state index in [2.05, 4.69) is 6.92 Å². The number of hydrogen-bond acceptors (Lipinski definition) is 4. The highest BCUT2D eigenvalue weighted by Crippen LogP contribution is 2.32. The molecular formula is C14H20N2O3S. The lowest BCUT2D eigenvalue weighted by Gasteiger charge is -2.31. The van der Waals surface area contributed by atoms with E-state index in [1.54, 1.807) is 18.7 Å². The van der Waals surface area contributed by atoms with Gasteiger partial charge in [-0.05, 0) is 44.4 Å². The van der Waals surface area contributed by atoms with Crippen LogP contribution in [0, 0.1) is 5.92 Å². The quantitative estimate of drug-likeness (QED) is 0.733. The summed E-state index contributed by atoms with van der Waals surface area (Å²) in [5.41, 5.74) is 0.815. The Hall–Kier alpha value is -1.30. The molecule has 3 amide bonds. The molecule has 2 fully saturated rings. The molecule has 2 saturated heterocycles. The number of piperidine rings is 1. The molecule has 0 aromatic carbocycles. The van der Waals surface area contributed by atoms with Gasteiger partial charge in [0, 0.05) is 13.1 Å². The summed E-state index contributed by atoms with van der Waals surface area (Å²) in [6.45, 7) is 7.08. The summed E-state index contributed by atoms with van der Waals surface area (Å²) in [4.78, 5) is 39.4. The Morgan fingerprint density at radius 3 is 2.35 bits per heavy atom. The van der Waals surface area contributed by atoms with Gasteiger partial charge in [-0.3, -0.25) is 19.3 Å². The van der Waals surface area contributed by atoms with Crippen LogP contribution in [0.1, 0.15) is 33.6 Å². The first-order chi connectivity index (χ1) is 9.40. The Morgan fingerprint density at radius 1 is 1.25 bits per heavy atom. The predicted molar refractivity (Wildman–Crippen MR) is 78.1 cm³/mol. The minimum Gasteiger partial charge on any atom is -0.341 e. The van der Waals surface area contributed by atoms with Crippen LogP contribution in [-0.2, 0) is 9.59 Å². The molecular weight excluding hydrogens is 276 g/mol. The van der Waals surface area contributed by atoms with Crippen molar-refractivity contribution >= 4 is 28.8 Å². The molecule has 0 atom stereocenters. The fourth-order valence-corrected chi connectivity index (χ4v) is 3.17. The van der Waals surface area contributed by atoms with Gasteiger partial charge in [0.15, 0.2) is 0 Å². The summed E-state index contributed by atoms with van der Waals surface area (Å²) in [7, 11) is 0. The van der Waals surface area contributed by atoms with E-state index < -0.39 is 0 Å². The zero-order chi connectivity index (χ0) is 14.9. The third-order valence-corrected chi connectivity index (χ3v) is 4.91. The average molecular weight is 296 g/mol. The number of hydrogen-bond donors (Lipinski definition) is 0. The van der Waals surface area contributed by atoms with Crippen LogP contribution in [0.3, 0.4) is 0 Å². The maximum absolute atomic E-state index is 12.2. The van der Waals surface area contributed by atoms with Crippen LogP contribution in [-0.4, -0.2) is 46.5 Å². The molecule has 5 nitrogen and oxygen atoms in total. The molecule has 0 radical (unpaired) electrons. The van der Waals surface area contributed by atoms with Gasteiger partial charge in [0.25, 0.3) is 11.1 Å². The van der Waals surface area contributed by atoms with E-state index in [9.17, 15) is 14.4 Å². The molecule has 0 aromatic heterocycles. The van der Waals surface area contributed by atoms with E-state index in [1.807, 2.05) is 0 Å². The van der Waals surface area contributed by atoms with Crippen molar-refractivity contribution in [2.45, 2.75) is 33.6 Å². The van der Waals surface area contributed by atoms with Crippen molar-refractivity contribution in [3.05, 3.63) is 10.5 Å². The van der Waals surface area contributed by atoms with Crippen LogP contribution in [0.2, 0.25) is 0 Å². The summed E-state index contributed by atoms with van der Waals surface area (Å²) < 4.78 is 0. The molecule has 2 heterocycles. The van der Waals surface area contributed by atoms with E-state index in [1.165, 1.54) is 0 Å². The van der Waals surface area contributed by atoms with Crippen LogP contribution in [0.25, 0.3) is 0 Å². The lowest BCUT2D eigenvalue weighted by Crippen LogP contribution is -2.45. The maximum atomic E-state index is 12.2. The molecule has 0 spiro atoms. The third kappa shape index (κ3) is 3.06. The zero-order valence-electron chi connectivity index (χ0n) is 12.1. The Kier molecular flexibility index (Phi) is 4.52. The van der Waals surface area contributed by atoms with E-state index in [-0.39, 0.29) is 23.6 Å². The van der Waals surface area contributed by atoms with Crippen molar-refractivity contribution in [2.75, 3.05) is 19.6 Å². The molecule has 0 saturated carbocycles. The number of carbonyl (C=O) groups excluding carboxylic acids is 3. The van der Waals surface area contributed by atoms with Crippen LogP contribution >= 0.6 is 11.8 Å². The molecule has 6 heteroatoms. The van der Waals surface area contributed by atoms with Crippen molar-refractivity contribution in [3.8, 4) is 0 Å². The third-order valence-electron chi connectivity index (χ3n) is 3.73. The van der Waals surface area contributed by atoms with Gasteiger partial charge >= 0.3 is 0 Å². The SMILES string of the molecule is CC(C)=C1SC(=O)N(CC(=O)N2CCC(C)CC2)C1=O. The van der Waals surface area contributed by atoms with E-state index in [0.717, 1.165) is 48.2 Å². The second kappa shape index (κ2) is 5.99. The fourth-order valence-electron chi connectivity index (χ4n) is 2.34. The average Bonchev–Trinajstić information content (AvgIpc) is 2.67. The van der Waals surface area contributed by atoms with Gasteiger partial charge in [-0.15, -0.1) is 0 Å². The minimum atomic E-state index is -0.343. The summed E-state index contributed by atoms with van der Waals surface area (Å²) in [6.07, 6.45) is 1.98. The van der Waals surface area contributed by atoms with Crippen LogP contribution < -0.4 is 0 Å². The lowest BCUT2D eigenvalue weighted by molar-refractivity contribution is -0.136. The number of carbonyl (C=O) groups is 3. The standard InChI is InChI=1S/C14H20N2O3S/c1-9(2)12-13(18)16(14(19)20-12)8-11(17)15-6-4-10(3)5-7-15/h10H,4-8H2,1-3H3. The Bertz CT molecular complexity index is 475. The summed E-state index contributed by atoms with van der Waals surface area (Å²) in [5.74, 6) is 0.176. The minimum absolute atomic E-state index is 0.129. The number of rotatable bonds is 2. The molecule has 2 aliphatic heterocycles. The second-order valence-corrected chi connectivity index (χ2v) is 6.61. The van der Waals surface area contributed by atoms with E-state index in [0.29, 0.717) is 10.8 Å². The number of allylic oxidation sites excluding steroid dienone is 1. The molecule has 20 heavy (non-hydrogen) atoms. The van der Waals surface area contributed by atoms with Gasteiger partial charge in [-0.2, -0.15) is 0 Å². The number of nitrogens with zero attached hydrogens (tertiary/aromatic N) is 2. The summed E-state index contributed by atoms with van der Waals surface area (Å²) in [5, 5.41) is -0.343. The smallest absolute Gasteiger partial charge is 0.294 e. The Balaban J connectivity index is 2.00. The molecule has 0 aliphatic carbocycles. The van der Waals surface area contributed by atoms with E-state index in [4.69, 9.17) is 0 Å². The maximum Gasteiger partial charge on any atom is 0.294 e. The number of amides is 3. The lowest BCUT2D eigenvalue weighted by atomic mass is 9.99. The molecule has 0 aromatic rings. The number of thioether (sulfide) groups is 1. The first-order valence-corrected chi connectivity index (χ1v) is 7.70. The monoisotopic (exact) mass is 296 g/mol. The first kappa shape index (κ1) is 15.1. The van der Waals surface area contributed by atoms with Gasteiger partial charge in [-0.1, -0.05) is 12.5 Å². The van der Waals surface area contributed by atoms with Crippen molar-refractivity contribution in [1.82, 2.24) is 9.80 Å². The van der Waals surface area contributed by atoms with Crippen molar-refractivity contribution in [1.29, 1.82) is 0 Å². The van der Waals surface area contributed by atoms with Gasteiger partial charge in [0.2, 0.25) is 5.91 Å². The van der Waals surface area contributed by atoms with Gasteiger partial charge in [0.1, 0.15) is 6.54 Å². The van der Waals surface area contributed by atoms with Crippen molar-refractivity contribution < 1.29 is 14.4 Å². The Morgan fingerprint density at radius 2 is 1.85 bits per heavy atom. The highest BCUT2D eigenvalue weighted by molar-refractivity contribution is 8.18. The molecule has 110 valence electrons. The predicted octanol–water partition coefficient (Wildman–Crippen LogP) is 2.23. The van der Waals surface area contributed by atoms with Gasteiger partial charge < -0.3 is 4.90 Å². The van der Waals surface area contributed by atoms with Crippen LogP contribution in [0.5, 0.6) is 0 Å². The number of imide groups is 1. The van der Waals surface area contributed by atoms with E-state index >= 15 is 0 Å². The fraction of sp³-hybridized carbons (Fsp3) is 0.643. The topological polar surface area (TPSA) is 57.7 Å². The normalized spacial score (nSPS) is 20.9. The Labute approximate surface area is 123 Å². The summed E-state index contributed by atoms with van der Waals surface area (Å²) >= 11 is 0.925. The first-order valence-electron chi connectivity index (χ1n) is 6.89. The molecule has 0 unspecified atom stereocenters. The highest BCUT2D eigenvalue weighted by atomic mass is 32.2. The van der Waals surface area contributed by atoms with Crippen molar-refractivity contribution in [2.24, 2.45) is 5.92 Å². The van der Waals surface area contributed by atoms with Crippen LogP contribution in [0.4, 0.5) is 4.79 Å². The molecule has 2 rings (SSSR count). The highest BCUT2D eigenvalue weighted by Gasteiger charge is 2.37. The van der Waals surface area contributed by atoms with Gasteiger partial charge in [-0.25, -0.2) is 0 Å². The molecule has 2 aliphatic rings. The summed E-state index contributed by atoms with van der Waals surface area (Å²) in [6, 6.07) is 0. The van der Waals surface area contributed by atoms with Crippen LogP contribution in [0.15, 0.2) is 10.5 Å².